The van der Waals surface area contributed by atoms with Gasteiger partial charge in [0.25, 0.3) is 5.91 Å². The van der Waals surface area contributed by atoms with Gasteiger partial charge in [-0.15, -0.1) is 0 Å². The smallest absolute Gasteiger partial charge is 0.407 e. The molecular formula is C30H34F2N8O3. The van der Waals surface area contributed by atoms with Crippen molar-refractivity contribution in [2.24, 2.45) is 11.7 Å². The number of pyridine rings is 1. The van der Waals surface area contributed by atoms with Gasteiger partial charge in [-0.1, -0.05) is 6.92 Å². The highest BCUT2D eigenvalue weighted by Crippen LogP contribution is 2.30. The van der Waals surface area contributed by atoms with Crippen molar-refractivity contribution in [2.75, 3.05) is 25.1 Å². The van der Waals surface area contributed by atoms with E-state index in [1.54, 1.807) is 38.5 Å². The van der Waals surface area contributed by atoms with E-state index >= 15 is 4.39 Å². The highest BCUT2D eigenvalue weighted by molar-refractivity contribution is 5.96. The lowest BCUT2D eigenvalue weighted by molar-refractivity contribution is 0.0939. The maximum absolute atomic E-state index is 15.5. The van der Waals surface area contributed by atoms with Crippen molar-refractivity contribution in [3.8, 4) is 11.3 Å². The van der Waals surface area contributed by atoms with Gasteiger partial charge in [-0.3, -0.25) is 9.78 Å². The maximum Gasteiger partial charge on any atom is 0.407 e. The monoisotopic (exact) mass is 592 g/mol. The van der Waals surface area contributed by atoms with Crippen molar-refractivity contribution < 1.29 is 23.1 Å². The fourth-order valence-electron chi connectivity index (χ4n) is 5.49. The van der Waals surface area contributed by atoms with Gasteiger partial charge in [-0.25, -0.2) is 23.1 Å². The molecule has 1 aromatic carbocycles. The number of nitrogens with zero attached hydrogens (tertiary/aromatic N) is 5. The third-order valence-corrected chi connectivity index (χ3v) is 7.52. The Labute approximate surface area is 247 Å². The van der Waals surface area contributed by atoms with Crippen molar-refractivity contribution in [1.82, 2.24) is 30.2 Å². The minimum Gasteiger partial charge on any atom is -0.453 e. The van der Waals surface area contributed by atoms with Crippen LogP contribution in [-0.4, -0.2) is 69.9 Å². The molecule has 13 heteroatoms. The van der Waals surface area contributed by atoms with E-state index in [1.165, 1.54) is 17.7 Å². The molecule has 0 bridgehead atoms. The number of anilines is 1. The van der Waals surface area contributed by atoms with Crippen LogP contribution >= 0.6 is 0 Å². The average molecular weight is 593 g/mol. The zero-order valence-corrected chi connectivity index (χ0v) is 24.3. The van der Waals surface area contributed by atoms with Crippen molar-refractivity contribution in [3.63, 3.8) is 0 Å². The van der Waals surface area contributed by atoms with Gasteiger partial charge >= 0.3 is 6.09 Å². The second kappa shape index (κ2) is 12.3. The number of rotatable bonds is 7. The minimum atomic E-state index is -0.989. The Morgan fingerprint density at radius 3 is 2.65 bits per heavy atom. The largest absolute Gasteiger partial charge is 0.453 e. The molecule has 226 valence electrons. The molecular weight excluding hydrogens is 558 g/mol. The number of amides is 2. The van der Waals surface area contributed by atoms with E-state index in [2.05, 4.69) is 30.6 Å². The molecule has 43 heavy (non-hydrogen) atoms. The first kappa shape index (κ1) is 29.8. The van der Waals surface area contributed by atoms with Gasteiger partial charge in [0.2, 0.25) is 0 Å². The number of carbonyl (C=O) groups is 2. The number of nitrogens with two attached hydrogens (primary N) is 1. The molecule has 2 amide bonds. The van der Waals surface area contributed by atoms with Crippen LogP contribution < -0.4 is 21.3 Å². The second-order valence-electron chi connectivity index (χ2n) is 11.0. The standard InChI is InChI=1S/C30H34F2N8O3/c1-16(2)36-29(41)20-6-7-21(31)26(27(20)32)23-8-5-19-13-35-25(40(19)38-23)11-18-12-34-10-9-24(18)39-14-17(3)28(22(33)15-39)37-30(42)43-4/h5-10,12-13,16-17,22,28H,11,14-15,33H2,1-4H3,(H,36,41)(H,37,42)/t17-,22+,28-/m0/s1. The summed E-state index contributed by atoms with van der Waals surface area (Å²) in [6.45, 7) is 6.64. The van der Waals surface area contributed by atoms with E-state index in [-0.39, 0.29) is 35.3 Å². The van der Waals surface area contributed by atoms with E-state index in [1.807, 2.05) is 13.0 Å². The molecule has 4 aromatic rings. The summed E-state index contributed by atoms with van der Waals surface area (Å²) in [7, 11) is 1.32. The number of ether oxygens (including phenoxy) is 1. The molecule has 1 fully saturated rings. The minimum absolute atomic E-state index is 0.0207. The number of hydrogen-bond acceptors (Lipinski definition) is 8. The fourth-order valence-corrected chi connectivity index (χ4v) is 5.49. The van der Waals surface area contributed by atoms with E-state index in [4.69, 9.17) is 10.5 Å². The Balaban J connectivity index is 1.45. The van der Waals surface area contributed by atoms with Gasteiger partial charge in [-0.05, 0) is 50.1 Å². The number of fused-ring (bicyclic) bond motifs is 1. The normalized spacial score (nSPS) is 18.6. The van der Waals surface area contributed by atoms with Crippen LogP contribution in [0.2, 0.25) is 0 Å². The molecule has 1 aliphatic rings. The number of methoxy groups -OCH3 is 1. The summed E-state index contributed by atoms with van der Waals surface area (Å²) in [5.74, 6) is -1.90. The zero-order chi connectivity index (χ0) is 30.8. The van der Waals surface area contributed by atoms with Gasteiger partial charge in [0.15, 0.2) is 0 Å². The number of carbonyl (C=O) groups excluding carboxylic acids is 2. The van der Waals surface area contributed by atoms with Crippen LogP contribution in [-0.2, 0) is 11.2 Å². The first-order valence-corrected chi connectivity index (χ1v) is 14.0. The number of alkyl carbamates (subject to hydrolysis) is 1. The molecule has 0 aliphatic carbocycles. The third-order valence-electron chi connectivity index (χ3n) is 7.52. The Kier molecular flexibility index (Phi) is 8.53. The van der Waals surface area contributed by atoms with Crippen molar-refractivity contribution in [2.45, 2.75) is 45.3 Å². The number of imidazole rings is 1. The Morgan fingerprint density at radius 2 is 1.93 bits per heavy atom. The number of piperidine rings is 1. The predicted molar refractivity (Wildman–Crippen MR) is 157 cm³/mol. The van der Waals surface area contributed by atoms with E-state index in [0.29, 0.717) is 30.9 Å². The molecule has 5 rings (SSSR count). The molecule has 0 saturated carbocycles. The molecule has 4 N–H and O–H groups in total. The van der Waals surface area contributed by atoms with Gasteiger partial charge < -0.3 is 26.0 Å². The first-order chi connectivity index (χ1) is 20.6. The molecule has 0 radical (unpaired) electrons. The van der Waals surface area contributed by atoms with Crippen LogP contribution in [0.1, 0.15) is 42.5 Å². The lowest BCUT2D eigenvalue weighted by Gasteiger charge is -2.42. The average Bonchev–Trinajstić information content (AvgIpc) is 3.36. The van der Waals surface area contributed by atoms with Gasteiger partial charge in [-0.2, -0.15) is 5.10 Å². The van der Waals surface area contributed by atoms with E-state index in [9.17, 15) is 14.0 Å². The summed E-state index contributed by atoms with van der Waals surface area (Å²) in [6, 6.07) is 6.44. The SMILES string of the molecule is COC(=O)N[C@@H]1[C@H](N)CN(c2ccncc2Cc2ncc3ccc(-c4c(F)ccc(C(=O)NC(C)C)c4F)nn23)C[C@@H]1C. The van der Waals surface area contributed by atoms with Crippen LogP contribution in [0.5, 0.6) is 0 Å². The Morgan fingerprint density at radius 1 is 1.14 bits per heavy atom. The highest BCUT2D eigenvalue weighted by Gasteiger charge is 2.34. The summed E-state index contributed by atoms with van der Waals surface area (Å²) in [6.07, 6.45) is 4.87. The molecule has 3 atom stereocenters. The summed E-state index contributed by atoms with van der Waals surface area (Å²) in [5, 5.41) is 10.00. The van der Waals surface area contributed by atoms with Gasteiger partial charge in [0, 0.05) is 55.2 Å². The highest BCUT2D eigenvalue weighted by atomic mass is 19.1. The topological polar surface area (TPSA) is 140 Å². The first-order valence-electron chi connectivity index (χ1n) is 14.0. The van der Waals surface area contributed by atoms with Crippen LogP contribution in [0.3, 0.4) is 0 Å². The molecule has 3 aromatic heterocycles. The molecule has 0 unspecified atom stereocenters. The lowest BCUT2D eigenvalue weighted by Crippen LogP contribution is -2.62. The number of aromatic nitrogens is 4. The summed E-state index contributed by atoms with van der Waals surface area (Å²) in [4.78, 5) is 35.3. The van der Waals surface area contributed by atoms with Crippen molar-refractivity contribution in [3.05, 3.63) is 77.5 Å². The number of halogens is 2. The second-order valence-corrected chi connectivity index (χ2v) is 11.0. The molecule has 0 spiro atoms. The predicted octanol–water partition coefficient (Wildman–Crippen LogP) is 3.31. The van der Waals surface area contributed by atoms with Crippen molar-refractivity contribution in [1.29, 1.82) is 0 Å². The maximum atomic E-state index is 15.5. The van der Waals surface area contributed by atoms with Crippen molar-refractivity contribution >= 4 is 23.2 Å². The van der Waals surface area contributed by atoms with Crippen LogP contribution in [0.4, 0.5) is 19.3 Å². The number of nitrogens with one attached hydrogen (secondary N) is 2. The van der Waals surface area contributed by atoms with E-state index < -0.39 is 29.2 Å². The van der Waals surface area contributed by atoms with Crippen LogP contribution in [0.15, 0.2) is 48.9 Å². The quantitative estimate of drug-likeness (QED) is 0.297. The Bertz CT molecular complexity index is 1650. The Hall–Kier alpha value is -4.65. The summed E-state index contributed by atoms with van der Waals surface area (Å²) < 4.78 is 36.8. The number of hydrogen-bond donors (Lipinski definition) is 3. The zero-order valence-electron chi connectivity index (χ0n) is 24.3. The van der Waals surface area contributed by atoms with E-state index in [0.717, 1.165) is 23.4 Å². The van der Waals surface area contributed by atoms with Gasteiger partial charge in [0.05, 0.1) is 41.7 Å². The molecule has 1 aliphatic heterocycles. The van der Waals surface area contributed by atoms with Crippen LogP contribution in [0, 0.1) is 17.6 Å². The lowest BCUT2D eigenvalue weighted by atomic mass is 9.89. The molecule has 4 heterocycles. The summed E-state index contributed by atoms with van der Waals surface area (Å²) in [5.41, 5.74) is 8.21. The van der Waals surface area contributed by atoms with Crippen LogP contribution in [0.25, 0.3) is 16.8 Å². The fraction of sp³-hybridized carbons (Fsp3) is 0.367. The molecule has 11 nitrogen and oxygen atoms in total. The number of benzene rings is 1. The molecule has 1 saturated heterocycles. The van der Waals surface area contributed by atoms with Gasteiger partial charge in [0.1, 0.15) is 17.5 Å². The summed E-state index contributed by atoms with van der Waals surface area (Å²) >= 11 is 0. The third kappa shape index (κ3) is 6.12.